The first-order valence-electron chi connectivity index (χ1n) is 8.76. The minimum atomic E-state index is 0.0792. The lowest BCUT2D eigenvalue weighted by molar-refractivity contribution is 0.0572. The van der Waals surface area contributed by atoms with Crippen molar-refractivity contribution in [1.82, 2.24) is 24.8 Å². The maximum absolute atomic E-state index is 12.4. The van der Waals surface area contributed by atoms with Gasteiger partial charge in [-0.2, -0.15) is 4.98 Å². The zero-order valence-corrected chi connectivity index (χ0v) is 14.7. The number of nitrogens with one attached hydrogen (secondary N) is 1. The summed E-state index contributed by atoms with van der Waals surface area (Å²) in [6.45, 7) is 8.00. The van der Waals surface area contributed by atoms with Gasteiger partial charge in [0.15, 0.2) is 0 Å². The fourth-order valence-corrected chi connectivity index (χ4v) is 3.62. The Kier molecular flexibility index (Phi) is 4.17. The van der Waals surface area contributed by atoms with Crippen molar-refractivity contribution in [2.75, 3.05) is 32.7 Å². The van der Waals surface area contributed by atoms with Crippen LogP contribution in [0.3, 0.4) is 0 Å². The minimum absolute atomic E-state index is 0.0792. The van der Waals surface area contributed by atoms with Crippen molar-refractivity contribution < 1.29 is 9.53 Å². The van der Waals surface area contributed by atoms with Crippen LogP contribution in [0.5, 0.6) is 5.88 Å². The van der Waals surface area contributed by atoms with E-state index in [-0.39, 0.29) is 12.0 Å². The average Bonchev–Trinajstić information content (AvgIpc) is 3.24. The van der Waals surface area contributed by atoms with Gasteiger partial charge in [-0.15, -0.1) is 0 Å². The number of hydrogen-bond acceptors (Lipinski definition) is 5. The fourth-order valence-electron chi connectivity index (χ4n) is 3.62. The summed E-state index contributed by atoms with van der Waals surface area (Å²) in [5, 5.41) is 0. The first kappa shape index (κ1) is 16.1. The summed E-state index contributed by atoms with van der Waals surface area (Å²) in [6.07, 6.45) is 2.77. The summed E-state index contributed by atoms with van der Waals surface area (Å²) >= 11 is 0. The molecule has 2 aliphatic heterocycles. The van der Waals surface area contributed by atoms with Gasteiger partial charge in [0, 0.05) is 56.6 Å². The van der Waals surface area contributed by atoms with E-state index in [2.05, 4.69) is 19.9 Å². The Hall–Kier alpha value is -2.41. The summed E-state index contributed by atoms with van der Waals surface area (Å²) in [4.78, 5) is 28.5. The number of ether oxygens (including phenoxy) is 1. The number of nitrogens with zero attached hydrogens (tertiary/aromatic N) is 4. The van der Waals surface area contributed by atoms with Gasteiger partial charge < -0.3 is 14.6 Å². The molecule has 4 rings (SSSR count). The zero-order chi connectivity index (χ0) is 17.4. The molecule has 1 atom stereocenters. The molecule has 0 aliphatic carbocycles. The molecule has 4 heterocycles. The third-order valence-electron chi connectivity index (χ3n) is 4.95. The maximum atomic E-state index is 12.4. The molecular weight excluding hydrogens is 318 g/mol. The number of amides is 1. The van der Waals surface area contributed by atoms with Crippen molar-refractivity contribution in [3.05, 3.63) is 41.1 Å². The molecular formula is C18H23N5O2. The molecule has 0 saturated carbocycles. The number of fused-ring (bicyclic) bond motifs is 1. The van der Waals surface area contributed by atoms with Gasteiger partial charge in [0.25, 0.3) is 5.91 Å². The van der Waals surface area contributed by atoms with Crippen LogP contribution in [0.2, 0.25) is 0 Å². The van der Waals surface area contributed by atoms with Crippen molar-refractivity contribution in [3.63, 3.8) is 0 Å². The molecule has 0 radical (unpaired) electrons. The first-order chi connectivity index (χ1) is 12.1. The smallest absolute Gasteiger partial charge is 0.270 e. The Morgan fingerprint density at radius 2 is 2.08 bits per heavy atom. The number of carbonyl (C=O) groups is 1. The summed E-state index contributed by atoms with van der Waals surface area (Å²) in [6, 6.07) is 3.68. The Bertz CT molecular complexity index is 766. The molecule has 0 bridgehead atoms. The summed E-state index contributed by atoms with van der Waals surface area (Å²) < 4.78 is 6.03. The van der Waals surface area contributed by atoms with Gasteiger partial charge in [-0.25, -0.2) is 4.98 Å². The Balaban J connectivity index is 1.31. The Labute approximate surface area is 147 Å². The minimum Gasteiger partial charge on any atom is -0.472 e. The lowest BCUT2D eigenvalue weighted by atomic mass is 10.1. The lowest BCUT2D eigenvalue weighted by Crippen LogP contribution is -2.50. The van der Waals surface area contributed by atoms with Crippen LogP contribution < -0.4 is 4.74 Å². The molecule has 1 amide bonds. The lowest BCUT2D eigenvalue weighted by Gasteiger charge is -2.35. The third kappa shape index (κ3) is 3.24. The molecule has 25 heavy (non-hydrogen) atoms. The van der Waals surface area contributed by atoms with E-state index < -0.39 is 0 Å². The van der Waals surface area contributed by atoms with Crippen LogP contribution in [-0.4, -0.2) is 69.5 Å². The highest BCUT2D eigenvalue weighted by Gasteiger charge is 2.30. The van der Waals surface area contributed by atoms with Gasteiger partial charge in [0.05, 0.1) is 0 Å². The highest BCUT2D eigenvalue weighted by atomic mass is 16.5. The van der Waals surface area contributed by atoms with Crippen LogP contribution in [0.1, 0.15) is 27.6 Å². The van der Waals surface area contributed by atoms with E-state index in [0.29, 0.717) is 5.69 Å². The fraction of sp³-hybridized carbons (Fsp3) is 0.500. The number of aromatic nitrogens is 3. The van der Waals surface area contributed by atoms with E-state index in [1.54, 1.807) is 6.20 Å². The molecule has 0 spiro atoms. The van der Waals surface area contributed by atoms with Crippen LogP contribution in [0.25, 0.3) is 0 Å². The number of hydrogen-bond donors (Lipinski definition) is 1. The molecule has 2 aliphatic rings. The topological polar surface area (TPSA) is 74.4 Å². The molecule has 1 saturated heterocycles. The van der Waals surface area contributed by atoms with Crippen LogP contribution in [-0.2, 0) is 6.42 Å². The van der Waals surface area contributed by atoms with E-state index in [1.807, 2.05) is 30.9 Å². The largest absolute Gasteiger partial charge is 0.472 e. The van der Waals surface area contributed by atoms with E-state index in [0.717, 1.165) is 62.1 Å². The second-order valence-corrected chi connectivity index (χ2v) is 6.76. The van der Waals surface area contributed by atoms with Gasteiger partial charge in [-0.05, 0) is 26.0 Å². The van der Waals surface area contributed by atoms with Crippen LogP contribution >= 0.6 is 0 Å². The van der Waals surface area contributed by atoms with Gasteiger partial charge in [-0.3, -0.25) is 9.69 Å². The molecule has 1 unspecified atom stereocenters. The van der Waals surface area contributed by atoms with Crippen molar-refractivity contribution in [2.24, 2.45) is 0 Å². The van der Waals surface area contributed by atoms with Gasteiger partial charge in [-0.1, -0.05) is 0 Å². The predicted molar refractivity (Wildman–Crippen MR) is 92.8 cm³/mol. The number of H-pyrrole nitrogens is 1. The number of carbonyl (C=O) groups excluding carboxylic acids is 1. The van der Waals surface area contributed by atoms with Crippen LogP contribution in [0.15, 0.2) is 18.3 Å². The van der Waals surface area contributed by atoms with Crippen molar-refractivity contribution in [1.29, 1.82) is 0 Å². The normalized spacial score (nSPS) is 20.4. The molecule has 1 N–H and O–H groups in total. The molecule has 2 aromatic rings. The highest BCUT2D eigenvalue weighted by Crippen LogP contribution is 2.29. The van der Waals surface area contributed by atoms with Crippen molar-refractivity contribution in [2.45, 2.75) is 26.4 Å². The Morgan fingerprint density at radius 3 is 2.80 bits per heavy atom. The third-order valence-corrected chi connectivity index (χ3v) is 4.95. The molecule has 7 heteroatoms. The zero-order valence-electron chi connectivity index (χ0n) is 14.7. The van der Waals surface area contributed by atoms with Crippen molar-refractivity contribution in [3.8, 4) is 5.88 Å². The second-order valence-electron chi connectivity index (χ2n) is 6.76. The van der Waals surface area contributed by atoms with Crippen LogP contribution in [0.4, 0.5) is 0 Å². The molecule has 2 aromatic heterocycles. The van der Waals surface area contributed by atoms with Gasteiger partial charge in [0.2, 0.25) is 5.88 Å². The SMILES string of the molecule is Cc1nc(C)c2c(n1)OC(CN1CCN(C(=O)c3ccc[nH]3)CC1)C2. The number of aromatic amines is 1. The van der Waals surface area contributed by atoms with E-state index >= 15 is 0 Å². The monoisotopic (exact) mass is 341 g/mol. The molecule has 0 aromatic carbocycles. The van der Waals surface area contributed by atoms with E-state index in [9.17, 15) is 4.79 Å². The predicted octanol–water partition coefficient (Wildman–Crippen LogP) is 1.18. The average molecular weight is 341 g/mol. The summed E-state index contributed by atoms with van der Waals surface area (Å²) in [7, 11) is 0. The quantitative estimate of drug-likeness (QED) is 0.907. The van der Waals surface area contributed by atoms with E-state index in [1.165, 1.54) is 0 Å². The number of aryl methyl sites for hydroxylation is 2. The second kappa shape index (κ2) is 6.48. The summed E-state index contributed by atoms with van der Waals surface area (Å²) in [5.74, 6) is 1.58. The Morgan fingerprint density at radius 1 is 1.28 bits per heavy atom. The standard InChI is InChI=1S/C18H23N5O2/c1-12-15-10-14(25-17(15)21-13(2)20-12)11-22-6-8-23(9-7-22)18(24)16-4-3-5-19-16/h3-5,14,19H,6-11H2,1-2H3. The van der Waals surface area contributed by atoms with Gasteiger partial charge >= 0.3 is 0 Å². The van der Waals surface area contributed by atoms with Gasteiger partial charge in [0.1, 0.15) is 17.6 Å². The number of piperazine rings is 1. The van der Waals surface area contributed by atoms with E-state index in [4.69, 9.17) is 4.74 Å². The number of rotatable bonds is 3. The molecule has 1 fully saturated rings. The summed E-state index contributed by atoms with van der Waals surface area (Å²) in [5.41, 5.74) is 2.81. The molecule has 7 nitrogen and oxygen atoms in total. The molecule has 132 valence electrons. The highest BCUT2D eigenvalue weighted by molar-refractivity contribution is 5.92. The van der Waals surface area contributed by atoms with Crippen LogP contribution in [0, 0.1) is 13.8 Å². The van der Waals surface area contributed by atoms with Crippen molar-refractivity contribution >= 4 is 5.91 Å². The first-order valence-corrected chi connectivity index (χ1v) is 8.76. The maximum Gasteiger partial charge on any atom is 0.270 e.